The SMILES string of the molecule is Cc1ccc(C(=O)NCC(CC(C)(C)C)C(=O)O)c(=O)[nH]1. The van der Waals surface area contributed by atoms with Gasteiger partial charge in [0.15, 0.2) is 0 Å². The van der Waals surface area contributed by atoms with Crippen LogP contribution in [0.5, 0.6) is 0 Å². The van der Waals surface area contributed by atoms with Crippen LogP contribution >= 0.6 is 0 Å². The van der Waals surface area contributed by atoms with E-state index >= 15 is 0 Å². The highest BCUT2D eigenvalue weighted by molar-refractivity contribution is 5.94. The molecule has 0 radical (unpaired) electrons. The van der Waals surface area contributed by atoms with Crippen LogP contribution in [-0.4, -0.2) is 28.5 Å². The van der Waals surface area contributed by atoms with E-state index in [1.54, 1.807) is 13.0 Å². The van der Waals surface area contributed by atoms with Crippen LogP contribution in [0.4, 0.5) is 0 Å². The Morgan fingerprint density at radius 1 is 1.33 bits per heavy atom. The lowest BCUT2D eigenvalue weighted by Gasteiger charge is -2.23. The van der Waals surface area contributed by atoms with E-state index in [2.05, 4.69) is 10.3 Å². The Kier molecular flexibility index (Phi) is 5.29. The van der Waals surface area contributed by atoms with Crippen molar-refractivity contribution in [2.24, 2.45) is 11.3 Å². The van der Waals surface area contributed by atoms with Crippen molar-refractivity contribution in [1.82, 2.24) is 10.3 Å². The number of hydrogen-bond acceptors (Lipinski definition) is 3. The molecule has 21 heavy (non-hydrogen) atoms. The fourth-order valence-electron chi connectivity index (χ4n) is 2.05. The molecule has 0 aliphatic heterocycles. The van der Waals surface area contributed by atoms with E-state index in [-0.39, 0.29) is 17.5 Å². The minimum atomic E-state index is -0.956. The van der Waals surface area contributed by atoms with E-state index in [9.17, 15) is 19.5 Å². The van der Waals surface area contributed by atoms with E-state index in [1.807, 2.05) is 20.8 Å². The molecule has 1 amide bonds. The van der Waals surface area contributed by atoms with Gasteiger partial charge in [-0.3, -0.25) is 14.4 Å². The van der Waals surface area contributed by atoms with Gasteiger partial charge in [0.2, 0.25) is 0 Å². The second-order valence-electron chi connectivity index (χ2n) is 6.39. The van der Waals surface area contributed by atoms with Crippen LogP contribution < -0.4 is 10.9 Å². The Morgan fingerprint density at radius 3 is 2.43 bits per heavy atom. The van der Waals surface area contributed by atoms with Gasteiger partial charge >= 0.3 is 5.97 Å². The lowest BCUT2D eigenvalue weighted by atomic mass is 9.84. The monoisotopic (exact) mass is 294 g/mol. The Bertz CT molecular complexity index is 584. The van der Waals surface area contributed by atoms with E-state index in [4.69, 9.17) is 0 Å². The van der Waals surface area contributed by atoms with Gasteiger partial charge in [-0.2, -0.15) is 0 Å². The molecule has 1 atom stereocenters. The Labute approximate surface area is 123 Å². The van der Waals surface area contributed by atoms with Crippen LogP contribution in [-0.2, 0) is 4.79 Å². The smallest absolute Gasteiger partial charge is 0.308 e. The van der Waals surface area contributed by atoms with Crippen molar-refractivity contribution in [2.75, 3.05) is 6.54 Å². The van der Waals surface area contributed by atoms with E-state index in [1.165, 1.54) is 6.07 Å². The summed E-state index contributed by atoms with van der Waals surface area (Å²) in [5.74, 6) is -2.20. The average Bonchev–Trinajstić information content (AvgIpc) is 2.32. The summed E-state index contributed by atoms with van der Waals surface area (Å²) < 4.78 is 0. The third-order valence-corrected chi connectivity index (χ3v) is 3.02. The predicted octanol–water partition coefficient (Wildman–Crippen LogP) is 1.55. The van der Waals surface area contributed by atoms with Gasteiger partial charge in [-0.05, 0) is 30.9 Å². The quantitative estimate of drug-likeness (QED) is 0.767. The summed E-state index contributed by atoms with van der Waals surface area (Å²) in [6, 6.07) is 3.06. The lowest BCUT2D eigenvalue weighted by molar-refractivity contribution is -0.142. The number of aromatic amines is 1. The number of carbonyl (C=O) groups excluding carboxylic acids is 1. The lowest BCUT2D eigenvalue weighted by Crippen LogP contribution is -2.37. The maximum absolute atomic E-state index is 11.9. The fourth-order valence-corrected chi connectivity index (χ4v) is 2.05. The van der Waals surface area contributed by atoms with Crippen LogP contribution in [0.2, 0.25) is 0 Å². The number of aryl methyl sites for hydroxylation is 1. The number of aromatic nitrogens is 1. The van der Waals surface area contributed by atoms with Crippen molar-refractivity contribution >= 4 is 11.9 Å². The Balaban J connectivity index is 2.74. The minimum Gasteiger partial charge on any atom is -0.481 e. The Hall–Kier alpha value is -2.11. The maximum Gasteiger partial charge on any atom is 0.308 e. The molecule has 0 aliphatic carbocycles. The number of carboxylic acid groups (broad SMARTS) is 1. The maximum atomic E-state index is 11.9. The van der Waals surface area contributed by atoms with E-state index < -0.39 is 23.4 Å². The number of hydrogen-bond donors (Lipinski definition) is 3. The molecule has 3 N–H and O–H groups in total. The van der Waals surface area contributed by atoms with Crippen LogP contribution in [0.15, 0.2) is 16.9 Å². The highest BCUT2D eigenvalue weighted by atomic mass is 16.4. The average molecular weight is 294 g/mol. The van der Waals surface area contributed by atoms with Crippen molar-refractivity contribution in [3.8, 4) is 0 Å². The summed E-state index contributed by atoms with van der Waals surface area (Å²) in [7, 11) is 0. The number of amides is 1. The molecule has 0 aliphatic rings. The molecule has 0 saturated heterocycles. The number of H-pyrrole nitrogens is 1. The molecular weight excluding hydrogens is 272 g/mol. The van der Waals surface area contributed by atoms with Crippen LogP contribution in [0.1, 0.15) is 43.2 Å². The molecule has 1 rings (SSSR count). The highest BCUT2D eigenvalue weighted by Crippen LogP contribution is 2.24. The van der Waals surface area contributed by atoms with Crippen molar-refractivity contribution in [2.45, 2.75) is 34.1 Å². The number of carboxylic acids is 1. The molecule has 6 heteroatoms. The summed E-state index contributed by atoms with van der Waals surface area (Å²) in [6.07, 6.45) is 0.437. The molecule has 0 spiro atoms. The van der Waals surface area contributed by atoms with Gasteiger partial charge in [0.1, 0.15) is 5.56 Å². The summed E-state index contributed by atoms with van der Waals surface area (Å²) in [4.78, 5) is 37.4. The van der Waals surface area contributed by atoms with Gasteiger partial charge in [0.25, 0.3) is 11.5 Å². The normalized spacial score (nSPS) is 12.8. The molecule has 116 valence electrons. The third-order valence-electron chi connectivity index (χ3n) is 3.02. The fraction of sp³-hybridized carbons (Fsp3) is 0.533. The largest absolute Gasteiger partial charge is 0.481 e. The summed E-state index contributed by atoms with van der Waals surface area (Å²) in [5.41, 5.74) is 0.0122. The zero-order valence-corrected chi connectivity index (χ0v) is 12.8. The first kappa shape index (κ1) is 16.9. The molecule has 0 saturated carbocycles. The van der Waals surface area contributed by atoms with Crippen molar-refractivity contribution in [3.63, 3.8) is 0 Å². The molecule has 6 nitrogen and oxygen atoms in total. The molecule has 1 heterocycles. The van der Waals surface area contributed by atoms with Gasteiger partial charge in [-0.1, -0.05) is 20.8 Å². The number of carbonyl (C=O) groups is 2. The molecular formula is C15H22N2O4. The molecule has 0 aromatic carbocycles. The van der Waals surface area contributed by atoms with Gasteiger partial charge < -0.3 is 15.4 Å². The molecule has 1 unspecified atom stereocenters. The molecule has 0 fully saturated rings. The number of rotatable bonds is 5. The Morgan fingerprint density at radius 2 is 1.95 bits per heavy atom. The second-order valence-corrected chi connectivity index (χ2v) is 6.39. The van der Waals surface area contributed by atoms with Crippen molar-refractivity contribution in [3.05, 3.63) is 33.7 Å². The molecule has 0 bridgehead atoms. The first-order chi connectivity index (χ1) is 9.60. The van der Waals surface area contributed by atoms with E-state index in [0.29, 0.717) is 12.1 Å². The third kappa shape index (κ3) is 5.41. The number of pyridine rings is 1. The predicted molar refractivity (Wildman–Crippen MR) is 79.3 cm³/mol. The standard InChI is InChI=1S/C15H22N2O4/c1-9-5-6-11(13(19)17-9)12(18)16-8-10(14(20)21)7-15(2,3)4/h5-6,10H,7-8H2,1-4H3,(H,16,18)(H,17,19)(H,20,21). The summed E-state index contributed by atoms with van der Waals surface area (Å²) in [6.45, 7) is 7.53. The first-order valence-corrected chi connectivity index (χ1v) is 6.81. The zero-order valence-electron chi connectivity index (χ0n) is 12.8. The number of aliphatic carboxylic acids is 1. The second kappa shape index (κ2) is 6.56. The van der Waals surface area contributed by atoms with Crippen LogP contribution in [0, 0.1) is 18.3 Å². The zero-order chi connectivity index (χ0) is 16.2. The van der Waals surface area contributed by atoms with Crippen LogP contribution in [0.25, 0.3) is 0 Å². The van der Waals surface area contributed by atoms with Crippen LogP contribution in [0.3, 0.4) is 0 Å². The minimum absolute atomic E-state index is 0.00124. The highest BCUT2D eigenvalue weighted by Gasteiger charge is 2.25. The summed E-state index contributed by atoms with van der Waals surface area (Å²) >= 11 is 0. The van der Waals surface area contributed by atoms with Gasteiger partial charge in [0, 0.05) is 12.2 Å². The van der Waals surface area contributed by atoms with Crippen molar-refractivity contribution in [1.29, 1.82) is 0 Å². The van der Waals surface area contributed by atoms with E-state index in [0.717, 1.165) is 0 Å². The number of nitrogens with one attached hydrogen (secondary N) is 2. The summed E-state index contributed by atoms with van der Waals surface area (Å²) in [5, 5.41) is 11.7. The first-order valence-electron chi connectivity index (χ1n) is 6.81. The molecule has 1 aromatic heterocycles. The van der Waals surface area contributed by atoms with Gasteiger partial charge in [0.05, 0.1) is 5.92 Å². The van der Waals surface area contributed by atoms with Crippen molar-refractivity contribution < 1.29 is 14.7 Å². The topological polar surface area (TPSA) is 99.3 Å². The molecule has 1 aromatic rings. The van der Waals surface area contributed by atoms with Gasteiger partial charge in [-0.25, -0.2) is 0 Å². The van der Waals surface area contributed by atoms with Gasteiger partial charge in [-0.15, -0.1) is 0 Å².